The molecule has 0 aliphatic heterocycles. The van der Waals surface area contributed by atoms with Crippen molar-refractivity contribution in [3.05, 3.63) is 272 Å². The fourth-order valence-corrected chi connectivity index (χ4v) is 14.7. The van der Waals surface area contributed by atoms with Gasteiger partial charge in [0.05, 0.1) is 72.4 Å². The normalized spacial score (nSPS) is 12.2. The van der Waals surface area contributed by atoms with Gasteiger partial charge in [-0.25, -0.2) is 0 Å². The molecule has 0 radical (unpaired) electrons. The van der Waals surface area contributed by atoms with Crippen molar-refractivity contribution in [2.75, 3.05) is 0 Å². The van der Waals surface area contributed by atoms with Gasteiger partial charge in [-0.05, 0) is 65.7 Å². The zero-order valence-corrected chi connectivity index (χ0v) is 45.9. The number of para-hydroxylation sites is 4. The van der Waals surface area contributed by atoms with Crippen LogP contribution in [-0.2, 0) is 0 Å². The molecule has 0 saturated heterocycles. The van der Waals surface area contributed by atoms with Crippen molar-refractivity contribution in [3.8, 4) is 39.9 Å². The Morgan fingerprint density at radius 3 is 0.929 bits per heavy atom. The lowest BCUT2D eigenvalue weighted by molar-refractivity contribution is 1.02. The highest BCUT2D eigenvalue weighted by Gasteiger charge is 2.36. The van der Waals surface area contributed by atoms with E-state index in [9.17, 15) is 5.26 Å². The van der Waals surface area contributed by atoms with E-state index < -0.39 is 0 Å². The summed E-state index contributed by atoms with van der Waals surface area (Å²) in [5.41, 5.74) is 15.6. The predicted molar refractivity (Wildman–Crippen MR) is 351 cm³/mol. The van der Waals surface area contributed by atoms with E-state index in [-0.39, 0.29) is 0 Å². The highest BCUT2D eigenvalue weighted by molar-refractivity contribution is 6.25. The zero-order valence-electron chi connectivity index (χ0n) is 45.9. The van der Waals surface area contributed by atoms with Crippen LogP contribution in [0.4, 0.5) is 0 Å². The molecule has 13 aromatic carbocycles. The van der Waals surface area contributed by atoms with Gasteiger partial charge in [0.1, 0.15) is 6.07 Å². The van der Waals surface area contributed by atoms with Crippen LogP contribution in [0.25, 0.3) is 164 Å². The van der Waals surface area contributed by atoms with Crippen LogP contribution in [-0.4, -0.2) is 23.3 Å². The number of aromatic nitrogens is 5. The number of rotatable bonds is 5. The summed E-state index contributed by atoms with van der Waals surface area (Å²) in [4.78, 5) is 5.34. The maximum atomic E-state index is 13.2. The van der Waals surface area contributed by atoms with Crippen molar-refractivity contribution in [2.45, 2.75) is 13.8 Å². The first-order valence-electron chi connectivity index (χ1n) is 28.8. The van der Waals surface area contributed by atoms with Crippen molar-refractivity contribution < 1.29 is 0 Å². The molecule has 0 amide bonds. The summed E-state index contributed by atoms with van der Waals surface area (Å²) in [6.07, 6.45) is 0. The molecule has 6 nitrogen and oxygen atoms in total. The molecule has 0 N–H and O–H groups in total. The van der Waals surface area contributed by atoms with Crippen LogP contribution in [0, 0.1) is 25.2 Å². The molecule has 18 aromatic rings. The summed E-state index contributed by atoms with van der Waals surface area (Å²) in [5, 5.41) is 31.0. The van der Waals surface area contributed by atoms with Crippen LogP contribution in [0.5, 0.6) is 0 Å². The second-order valence-electron chi connectivity index (χ2n) is 22.5. The number of pyridine rings is 1. The Hall–Kier alpha value is -11.3. The highest BCUT2D eigenvalue weighted by atomic mass is 15.1. The quantitative estimate of drug-likeness (QED) is 0.172. The van der Waals surface area contributed by atoms with E-state index in [1.54, 1.807) is 0 Å². The van der Waals surface area contributed by atoms with Gasteiger partial charge in [0, 0.05) is 87.1 Å². The summed E-state index contributed by atoms with van der Waals surface area (Å²) < 4.78 is 10.1. The van der Waals surface area contributed by atoms with Gasteiger partial charge in [0.25, 0.3) is 0 Å². The largest absolute Gasteiger partial charge is 0.306 e. The van der Waals surface area contributed by atoms with Crippen LogP contribution >= 0.6 is 0 Å². The predicted octanol–water partition coefficient (Wildman–Crippen LogP) is 20.2. The van der Waals surface area contributed by atoms with Crippen molar-refractivity contribution in [1.29, 1.82) is 5.26 Å². The number of fused-ring (bicyclic) bond motifs is 20. The molecule has 18 rings (SSSR count). The van der Waals surface area contributed by atoms with E-state index in [2.05, 4.69) is 293 Å². The lowest BCUT2D eigenvalue weighted by Crippen LogP contribution is -2.17. The van der Waals surface area contributed by atoms with E-state index in [1.165, 1.54) is 0 Å². The summed E-state index contributed by atoms with van der Waals surface area (Å²) >= 11 is 0. The molecular weight excluding hydrogens is 1020 g/mol. The van der Waals surface area contributed by atoms with Crippen LogP contribution < -0.4 is 0 Å². The molecule has 0 atom stereocenters. The number of hydrogen-bond acceptors (Lipinski definition) is 2. The first-order chi connectivity index (χ1) is 41.5. The van der Waals surface area contributed by atoms with Gasteiger partial charge in [0.15, 0.2) is 0 Å². The molecule has 0 unspecified atom stereocenters. The first kappa shape index (κ1) is 46.5. The topological polar surface area (TPSA) is 56.4 Å². The van der Waals surface area contributed by atoms with Gasteiger partial charge < -0.3 is 18.3 Å². The minimum Gasteiger partial charge on any atom is -0.306 e. The van der Waals surface area contributed by atoms with Gasteiger partial charge in [-0.2, -0.15) is 5.26 Å². The number of hydrogen-bond donors (Lipinski definition) is 0. The minimum atomic E-state index is 0.524. The maximum Gasteiger partial charge on any atom is 0.102 e. The number of aryl methyl sites for hydroxylation is 2. The molecule has 5 aromatic heterocycles. The third kappa shape index (κ3) is 6.19. The Labute approximate surface area is 481 Å². The summed E-state index contributed by atoms with van der Waals surface area (Å²) in [6, 6.07) is 96.2. The highest BCUT2D eigenvalue weighted by Crippen LogP contribution is 2.54. The SMILES string of the molecule is Cc1ccc(-c2c(C#N)c(-n3c4ccccc4c4ccc5ccccc5c43)c(-n3c4ccccc4c4ccc5ccccc5c43)c(-n3c4ccccc4c4ccc5ccccc5c43)c2-n2c3ccccc3c3ccc4ccccc4c32)c(C)n1. The summed E-state index contributed by atoms with van der Waals surface area (Å²) in [6.45, 7) is 4.17. The molecule has 0 aliphatic rings. The Balaban J connectivity index is 1.26. The lowest BCUT2D eigenvalue weighted by Gasteiger charge is -2.30. The van der Waals surface area contributed by atoms with Gasteiger partial charge in [-0.3, -0.25) is 4.98 Å². The Kier molecular flexibility index (Phi) is 9.62. The standard InChI is InChI=1S/C78H48N6/c1-46-35-40-52(47(2)80-46)70-65(45-79)75(81-66-31-15-11-27-57(66)61-41-36-48-19-3-7-23-53(48)71(61)81)77(83-68-33-17-13-29-59(68)63-43-38-50-21-5-9-25-55(50)73(63)83)78(84-69-34-18-14-30-60(69)64-44-39-51-22-6-10-26-56(51)74(64)84)76(70)82-67-32-16-12-28-58(67)62-42-37-49-20-4-8-24-54(49)72(62)82/h3-44H,1-2H3. The number of benzene rings is 13. The molecule has 6 heteroatoms. The minimum absolute atomic E-state index is 0.524. The molecule has 0 aliphatic carbocycles. The monoisotopic (exact) mass is 1070 g/mol. The van der Waals surface area contributed by atoms with Crippen LogP contribution in [0.15, 0.2) is 255 Å². The van der Waals surface area contributed by atoms with Gasteiger partial charge in [-0.15, -0.1) is 0 Å². The third-order valence-corrected chi connectivity index (χ3v) is 18.1. The van der Waals surface area contributed by atoms with E-state index in [0.717, 1.165) is 176 Å². The molecule has 0 bridgehead atoms. The maximum absolute atomic E-state index is 13.2. The van der Waals surface area contributed by atoms with Crippen molar-refractivity contribution in [2.24, 2.45) is 0 Å². The van der Waals surface area contributed by atoms with Crippen LogP contribution in [0.1, 0.15) is 17.0 Å². The van der Waals surface area contributed by atoms with Crippen LogP contribution in [0.3, 0.4) is 0 Å². The van der Waals surface area contributed by atoms with E-state index in [0.29, 0.717) is 5.56 Å². The fraction of sp³-hybridized carbons (Fsp3) is 0.0256. The fourth-order valence-electron chi connectivity index (χ4n) is 14.7. The Bertz CT molecular complexity index is 5970. The first-order valence-corrected chi connectivity index (χ1v) is 28.8. The average Bonchev–Trinajstić information content (AvgIpc) is 1.61. The Morgan fingerprint density at radius 1 is 0.286 bits per heavy atom. The smallest absolute Gasteiger partial charge is 0.102 e. The van der Waals surface area contributed by atoms with Gasteiger partial charge >= 0.3 is 0 Å². The lowest BCUT2D eigenvalue weighted by atomic mass is 9.91. The summed E-state index contributed by atoms with van der Waals surface area (Å²) in [5.74, 6) is 0. The molecular formula is C78H48N6. The van der Waals surface area contributed by atoms with Gasteiger partial charge in [-0.1, -0.05) is 224 Å². The van der Waals surface area contributed by atoms with Crippen LogP contribution in [0.2, 0.25) is 0 Å². The van der Waals surface area contributed by atoms with E-state index in [4.69, 9.17) is 4.98 Å². The van der Waals surface area contributed by atoms with Gasteiger partial charge in [0.2, 0.25) is 0 Å². The van der Waals surface area contributed by atoms with E-state index in [1.807, 2.05) is 0 Å². The molecule has 0 spiro atoms. The van der Waals surface area contributed by atoms with E-state index >= 15 is 0 Å². The van der Waals surface area contributed by atoms with Crippen molar-refractivity contribution >= 4 is 130 Å². The molecule has 0 saturated carbocycles. The number of nitriles is 1. The Morgan fingerprint density at radius 2 is 0.583 bits per heavy atom. The zero-order chi connectivity index (χ0) is 55.5. The summed E-state index contributed by atoms with van der Waals surface area (Å²) in [7, 11) is 0. The molecule has 0 fully saturated rings. The third-order valence-electron chi connectivity index (χ3n) is 18.1. The van der Waals surface area contributed by atoms with Crippen molar-refractivity contribution in [1.82, 2.24) is 23.3 Å². The molecule has 84 heavy (non-hydrogen) atoms. The second kappa shape index (κ2) is 17.4. The number of nitrogens with zero attached hydrogens (tertiary/aromatic N) is 6. The molecule has 390 valence electrons. The average molecular weight is 1070 g/mol. The van der Waals surface area contributed by atoms with Crippen molar-refractivity contribution in [3.63, 3.8) is 0 Å². The molecule has 5 heterocycles. The second-order valence-corrected chi connectivity index (χ2v) is 22.5.